The van der Waals surface area contributed by atoms with E-state index in [0.29, 0.717) is 6.04 Å². The normalized spacial score (nSPS) is 30.5. The highest BCUT2D eigenvalue weighted by Gasteiger charge is 2.35. The predicted octanol–water partition coefficient (Wildman–Crippen LogP) is 1.52. The molecule has 0 radical (unpaired) electrons. The van der Waals surface area contributed by atoms with Gasteiger partial charge in [-0.2, -0.15) is 0 Å². The lowest BCUT2D eigenvalue weighted by molar-refractivity contribution is 0.274. The van der Waals surface area contributed by atoms with Crippen molar-refractivity contribution in [3.8, 4) is 0 Å². The minimum absolute atomic E-state index is 0.697. The first-order chi connectivity index (χ1) is 5.29. The largest absolute Gasteiger partial charge is 0.355 e. The highest BCUT2D eigenvalue weighted by atomic mass is 15.3. The average molecular weight is 152 g/mol. The summed E-state index contributed by atoms with van der Waals surface area (Å²) in [5.74, 6) is 0.748. The standard InChI is InChI=1S/C9H16N2/c1-7(2)9-5-10-6-11(9)8-3-4-8/h6-9H,3-5H2,1-2H3. The van der Waals surface area contributed by atoms with Gasteiger partial charge >= 0.3 is 0 Å². The lowest BCUT2D eigenvalue weighted by atomic mass is 10.0. The van der Waals surface area contributed by atoms with Crippen LogP contribution in [0, 0.1) is 5.92 Å². The molecule has 11 heavy (non-hydrogen) atoms. The average Bonchev–Trinajstić information content (AvgIpc) is 2.68. The van der Waals surface area contributed by atoms with Gasteiger partial charge in [0.2, 0.25) is 0 Å². The Morgan fingerprint density at radius 1 is 1.45 bits per heavy atom. The molecule has 2 rings (SSSR count). The molecule has 62 valence electrons. The van der Waals surface area contributed by atoms with Crippen LogP contribution in [0.2, 0.25) is 0 Å². The summed E-state index contributed by atoms with van der Waals surface area (Å²) in [6, 6.07) is 1.54. The Labute approximate surface area is 68.3 Å². The molecule has 0 saturated heterocycles. The molecule has 0 bridgehead atoms. The smallest absolute Gasteiger partial charge is 0.0856 e. The molecule has 0 amide bonds. The summed E-state index contributed by atoms with van der Waals surface area (Å²) in [7, 11) is 0. The van der Waals surface area contributed by atoms with Crippen molar-refractivity contribution in [1.29, 1.82) is 0 Å². The van der Waals surface area contributed by atoms with Gasteiger partial charge in [-0.05, 0) is 18.8 Å². The zero-order valence-corrected chi connectivity index (χ0v) is 7.33. The van der Waals surface area contributed by atoms with E-state index in [2.05, 4.69) is 30.1 Å². The molecular formula is C9H16N2. The van der Waals surface area contributed by atoms with E-state index in [9.17, 15) is 0 Å². The predicted molar refractivity (Wildman–Crippen MR) is 46.8 cm³/mol. The summed E-state index contributed by atoms with van der Waals surface area (Å²) < 4.78 is 0. The highest BCUT2D eigenvalue weighted by Crippen LogP contribution is 2.31. The van der Waals surface area contributed by atoms with Gasteiger partial charge in [-0.1, -0.05) is 13.8 Å². The summed E-state index contributed by atoms with van der Waals surface area (Å²) in [6.07, 6.45) is 4.83. The Hall–Kier alpha value is -0.530. The fourth-order valence-electron chi connectivity index (χ4n) is 1.72. The van der Waals surface area contributed by atoms with Gasteiger partial charge in [0.1, 0.15) is 0 Å². The summed E-state index contributed by atoms with van der Waals surface area (Å²) in [5, 5.41) is 0. The molecule has 2 heteroatoms. The molecule has 2 nitrogen and oxygen atoms in total. The topological polar surface area (TPSA) is 15.6 Å². The third-order valence-electron chi connectivity index (χ3n) is 2.63. The van der Waals surface area contributed by atoms with Crippen LogP contribution in [0.5, 0.6) is 0 Å². The van der Waals surface area contributed by atoms with E-state index in [0.717, 1.165) is 18.5 Å². The van der Waals surface area contributed by atoms with Crippen molar-refractivity contribution in [1.82, 2.24) is 4.90 Å². The number of nitrogens with zero attached hydrogens (tertiary/aromatic N) is 2. The van der Waals surface area contributed by atoms with Gasteiger partial charge in [-0.25, -0.2) is 0 Å². The Bertz CT molecular complexity index is 170. The number of hydrogen-bond donors (Lipinski definition) is 0. The summed E-state index contributed by atoms with van der Waals surface area (Å²) in [6.45, 7) is 5.59. The van der Waals surface area contributed by atoms with Crippen LogP contribution in [0.4, 0.5) is 0 Å². The quantitative estimate of drug-likeness (QED) is 0.585. The molecule has 1 atom stereocenters. The van der Waals surface area contributed by atoms with Gasteiger partial charge in [0.05, 0.1) is 18.9 Å². The molecule has 0 aromatic rings. The fourth-order valence-corrected chi connectivity index (χ4v) is 1.72. The van der Waals surface area contributed by atoms with E-state index < -0.39 is 0 Å². The molecule has 1 heterocycles. The van der Waals surface area contributed by atoms with Crippen LogP contribution in [-0.2, 0) is 0 Å². The lowest BCUT2D eigenvalue weighted by Crippen LogP contribution is -2.37. The SMILES string of the molecule is CC(C)C1CN=CN1C1CC1. The molecule has 0 aromatic heterocycles. The van der Waals surface area contributed by atoms with Crippen molar-refractivity contribution in [3.05, 3.63) is 0 Å². The molecule has 1 fully saturated rings. The number of aliphatic imine (C=N–C) groups is 1. The Morgan fingerprint density at radius 3 is 2.73 bits per heavy atom. The van der Waals surface area contributed by atoms with E-state index in [4.69, 9.17) is 0 Å². The van der Waals surface area contributed by atoms with Gasteiger partial charge < -0.3 is 4.90 Å². The van der Waals surface area contributed by atoms with Crippen LogP contribution in [0.25, 0.3) is 0 Å². The summed E-state index contributed by atoms with van der Waals surface area (Å²) in [5.41, 5.74) is 0. The summed E-state index contributed by atoms with van der Waals surface area (Å²) >= 11 is 0. The molecule has 0 aromatic carbocycles. The van der Waals surface area contributed by atoms with Crippen molar-refractivity contribution in [2.45, 2.75) is 38.8 Å². The van der Waals surface area contributed by atoms with Crippen LogP contribution in [0.3, 0.4) is 0 Å². The lowest BCUT2D eigenvalue weighted by Gasteiger charge is -2.26. The molecule has 0 spiro atoms. The van der Waals surface area contributed by atoms with E-state index in [1.807, 2.05) is 0 Å². The summed E-state index contributed by atoms with van der Waals surface area (Å²) in [4.78, 5) is 6.79. The molecule has 1 aliphatic heterocycles. The first kappa shape index (κ1) is 7.14. The van der Waals surface area contributed by atoms with E-state index in [-0.39, 0.29) is 0 Å². The van der Waals surface area contributed by atoms with Gasteiger partial charge in [0, 0.05) is 6.04 Å². The van der Waals surface area contributed by atoms with Gasteiger partial charge in [0.15, 0.2) is 0 Å². The Balaban J connectivity index is 1.99. The van der Waals surface area contributed by atoms with Crippen molar-refractivity contribution in [2.75, 3.05) is 6.54 Å². The molecule has 1 unspecified atom stereocenters. The van der Waals surface area contributed by atoms with Crippen LogP contribution in [0.1, 0.15) is 26.7 Å². The zero-order chi connectivity index (χ0) is 7.84. The zero-order valence-electron chi connectivity index (χ0n) is 7.33. The van der Waals surface area contributed by atoms with Crippen LogP contribution < -0.4 is 0 Å². The maximum absolute atomic E-state index is 4.33. The first-order valence-corrected chi connectivity index (χ1v) is 4.56. The van der Waals surface area contributed by atoms with Crippen LogP contribution in [-0.4, -0.2) is 29.9 Å². The first-order valence-electron chi connectivity index (χ1n) is 4.56. The second kappa shape index (κ2) is 2.50. The molecular weight excluding hydrogens is 136 g/mol. The van der Waals surface area contributed by atoms with Gasteiger partial charge in [-0.3, -0.25) is 4.99 Å². The molecule has 1 aliphatic carbocycles. The third-order valence-corrected chi connectivity index (χ3v) is 2.63. The number of hydrogen-bond acceptors (Lipinski definition) is 2. The van der Waals surface area contributed by atoms with Gasteiger partial charge in [0.25, 0.3) is 0 Å². The second-order valence-electron chi connectivity index (χ2n) is 3.97. The van der Waals surface area contributed by atoms with Crippen molar-refractivity contribution in [3.63, 3.8) is 0 Å². The van der Waals surface area contributed by atoms with Crippen molar-refractivity contribution in [2.24, 2.45) is 10.9 Å². The third kappa shape index (κ3) is 1.26. The maximum atomic E-state index is 4.33. The molecule has 2 aliphatic rings. The minimum Gasteiger partial charge on any atom is -0.355 e. The van der Waals surface area contributed by atoms with Gasteiger partial charge in [-0.15, -0.1) is 0 Å². The minimum atomic E-state index is 0.697. The Morgan fingerprint density at radius 2 is 2.18 bits per heavy atom. The highest BCUT2D eigenvalue weighted by molar-refractivity contribution is 5.59. The molecule has 0 N–H and O–H groups in total. The van der Waals surface area contributed by atoms with Crippen molar-refractivity contribution >= 4 is 6.34 Å². The van der Waals surface area contributed by atoms with E-state index in [1.54, 1.807) is 0 Å². The monoisotopic (exact) mass is 152 g/mol. The van der Waals surface area contributed by atoms with Crippen LogP contribution >= 0.6 is 0 Å². The Kier molecular flexibility index (Phi) is 1.63. The van der Waals surface area contributed by atoms with Crippen molar-refractivity contribution < 1.29 is 0 Å². The fraction of sp³-hybridized carbons (Fsp3) is 0.889. The molecule has 1 saturated carbocycles. The number of rotatable bonds is 2. The van der Waals surface area contributed by atoms with E-state index >= 15 is 0 Å². The second-order valence-corrected chi connectivity index (χ2v) is 3.97. The maximum Gasteiger partial charge on any atom is 0.0856 e. The van der Waals surface area contributed by atoms with E-state index in [1.165, 1.54) is 12.8 Å². The van der Waals surface area contributed by atoms with Crippen LogP contribution in [0.15, 0.2) is 4.99 Å².